The van der Waals surface area contributed by atoms with Gasteiger partial charge < -0.3 is 15.0 Å². The van der Waals surface area contributed by atoms with Gasteiger partial charge in [-0.1, -0.05) is 0 Å². The Morgan fingerprint density at radius 3 is 2.72 bits per heavy atom. The zero-order chi connectivity index (χ0) is 13.1. The molecular formula is C12H17BrN2O2S. The molecule has 2 unspecified atom stereocenters. The van der Waals surface area contributed by atoms with Gasteiger partial charge in [-0.15, -0.1) is 11.3 Å². The first-order chi connectivity index (χ1) is 8.54. The van der Waals surface area contributed by atoms with Crippen molar-refractivity contribution in [3.05, 3.63) is 20.8 Å². The number of nitrogens with zero attached hydrogens (tertiary/aromatic N) is 1. The van der Waals surface area contributed by atoms with E-state index >= 15 is 0 Å². The lowest BCUT2D eigenvalue weighted by Crippen LogP contribution is -2.51. The van der Waals surface area contributed by atoms with Crippen molar-refractivity contribution in [3.8, 4) is 0 Å². The van der Waals surface area contributed by atoms with E-state index in [1.54, 1.807) is 11.3 Å². The predicted octanol–water partition coefficient (Wildman–Crippen LogP) is 2.83. The minimum atomic E-state index is -0.0125. The fraction of sp³-hybridized carbons (Fsp3) is 0.583. The maximum atomic E-state index is 12.0. The number of thiophene rings is 1. The molecule has 0 aliphatic carbocycles. The molecule has 1 saturated heterocycles. The molecule has 4 nitrogen and oxygen atoms in total. The first kappa shape index (κ1) is 13.8. The molecule has 1 N–H and O–H groups in total. The molecule has 0 radical (unpaired) electrons. The van der Waals surface area contributed by atoms with Crippen LogP contribution >= 0.6 is 27.3 Å². The number of ether oxygens (including phenoxy) is 1. The molecule has 0 spiro atoms. The van der Waals surface area contributed by atoms with Gasteiger partial charge in [0.2, 0.25) is 0 Å². The van der Waals surface area contributed by atoms with Gasteiger partial charge in [0.05, 0.1) is 22.5 Å². The normalized spacial score (nSPS) is 24.1. The van der Waals surface area contributed by atoms with Crippen LogP contribution in [0, 0.1) is 0 Å². The van der Waals surface area contributed by atoms with Crippen LogP contribution in [0.3, 0.4) is 0 Å². The largest absolute Gasteiger partial charge is 0.372 e. The summed E-state index contributed by atoms with van der Waals surface area (Å²) < 4.78 is 6.69. The summed E-state index contributed by atoms with van der Waals surface area (Å²) in [6, 6.07) is 3.99. The van der Waals surface area contributed by atoms with Crippen LogP contribution in [0.25, 0.3) is 0 Å². The highest BCUT2D eigenvalue weighted by atomic mass is 79.9. The van der Waals surface area contributed by atoms with Crippen LogP contribution in [0.2, 0.25) is 0 Å². The van der Waals surface area contributed by atoms with Crippen molar-refractivity contribution in [2.75, 3.05) is 13.1 Å². The topological polar surface area (TPSA) is 41.6 Å². The number of carbonyl (C=O) groups is 1. The van der Waals surface area contributed by atoms with E-state index in [-0.39, 0.29) is 18.2 Å². The average molecular weight is 333 g/mol. The lowest BCUT2D eigenvalue weighted by Gasteiger charge is -2.35. The molecule has 2 heterocycles. The molecule has 0 aromatic carbocycles. The summed E-state index contributed by atoms with van der Waals surface area (Å²) in [7, 11) is 0. The van der Waals surface area contributed by atoms with E-state index in [2.05, 4.69) is 21.2 Å². The Hall–Kier alpha value is -0.590. The van der Waals surface area contributed by atoms with Crippen molar-refractivity contribution in [3.63, 3.8) is 0 Å². The minimum absolute atomic E-state index is 0.0125. The van der Waals surface area contributed by atoms with Crippen LogP contribution in [0.15, 0.2) is 15.9 Å². The molecule has 2 atom stereocenters. The number of halogens is 1. The molecule has 1 aromatic heterocycles. The van der Waals surface area contributed by atoms with E-state index in [4.69, 9.17) is 4.74 Å². The summed E-state index contributed by atoms with van der Waals surface area (Å²) in [5, 5.41) is 2.94. The predicted molar refractivity (Wildman–Crippen MR) is 75.8 cm³/mol. The Balaban J connectivity index is 1.84. The van der Waals surface area contributed by atoms with Crippen molar-refractivity contribution in [2.24, 2.45) is 0 Å². The van der Waals surface area contributed by atoms with Gasteiger partial charge in [0.1, 0.15) is 0 Å². The monoisotopic (exact) mass is 332 g/mol. The molecule has 1 aromatic rings. The van der Waals surface area contributed by atoms with Crippen molar-refractivity contribution >= 4 is 33.3 Å². The van der Waals surface area contributed by atoms with Gasteiger partial charge in [-0.3, -0.25) is 0 Å². The number of hydrogen-bond acceptors (Lipinski definition) is 3. The lowest BCUT2D eigenvalue weighted by atomic mass is 10.2. The van der Waals surface area contributed by atoms with Crippen LogP contribution in [-0.4, -0.2) is 36.2 Å². The molecule has 2 rings (SSSR count). The van der Waals surface area contributed by atoms with Gasteiger partial charge in [-0.25, -0.2) is 4.79 Å². The highest BCUT2D eigenvalue weighted by Crippen LogP contribution is 2.21. The molecule has 2 amide bonds. The van der Waals surface area contributed by atoms with Crippen molar-refractivity contribution in [2.45, 2.75) is 32.6 Å². The van der Waals surface area contributed by atoms with E-state index in [0.29, 0.717) is 19.6 Å². The zero-order valence-corrected chi connectivity index (χ0v) is 12.9. The number of carbonyl (C=O) groups excluding carboxylic acids is 1. The van der Waals surface area contributed by atoms with Crippen LogP contribution in [0.4, 0.5) is 4.79 Å². The van der Waals surface area contributed by atoms with E-state index in [1.807, 2.05) is 30.9 Å². The highest BCUT2D eigenvalue weighted by Gasteiger charge is 2.25. The minimum Gasteiger partial charge on any atom is -0.372 e. The fourth-order valence-electron chi connectivity index (χ4n) is 2.07. The van der Waals surface area contributed by atoms with E-state index in [9.17, 15) is 4.79 Å². The third-order valence-corrected chi connectivity index (χ3v) is 4.37. The quantitative estimate of drug-likeness (QED) is 0.904. The highest BCUT2D eigenvalue weighted by molar-refractivity contribution is 9.11. The zero-order valence-electron chi connectivity index (χ0n) is 10.5. The Kier molecular flexibility index (Phi) is 4.64. The SMILES string of the molecule is CC1CN(C(=O)NCc2ccc(Br)s2)CC(C)O1. The van der Waals surface area contributed by atoms with Gasteiger partial charge in [0.15, 0.2) is 0 Å². The molecule has 6 heteroatoms. The number of hydrogen-bond donors (Lipinski definition) is 1. The first-order valence-corrected chi connectivity index (χ1v) is 7.58. The van der Waals surface area contributed by atoms with Gasteiger partial charge >= 0.3 is 6.03 Å². The van der Waals surface area contributed by atoms with Gasteiger partial charge in [0.25, 0.3) is 0 Å². The second-order valence-electron chi connectivity index (χ2n) is 4.53. The third-order valence-electron chi connectivity index (χ3n) is 2.75. The number of urea groups is 1. The number of nitrogens with one attached hydrogen (secondary N) is 1. The van der Waals surface area contributed by atoms with Crippen molar-refractivity contribution < 1.29 is 9.53 Å². The maximum absolute atomic E-state index is 12.0. The summed E-state index contributed by atoms with van der Waals surface area (Å²) in [5.41, 5.74) is 0. The molecular weight excluding hydrogens is 316 g/mol. The molecule has 1 fully saturated rings. The van der Waals surface area contributed by atoms with Gasteiger partial charge in [-0.05, 0) is 41.9 Å². The Morgan fingerprint density at radius 1 is 1.50 bits per heavy atom. The summed E-state index contributed by atoms with van der Waals surface area (Å²) in [6.07, 6.45) is 0.214. The summed E-state index contributed by atoms with van der Waals surface area (Å²) in [4.78, 5) is 15.0. The maximum Gasteiger partial charge on any atom is 0.317 e. The summed E-state index contributed by atoms with van der Waals surface area (Å²) in [6.45, 7) is 5.88. The van der Waals surface area contributed by atoms with Crippen molar-refractivity contribution in [1.29, 1.82) is 0 Å². The second-order valence-corrected chi connectivity index (χ2v) is 7.07. The van der Waals surface area contributed by atoms with Crippen LogP contribution < -0.4 is 5.32 Å². The molecule has 1 aliphatic rings. The van der Waals surface area contributed by atoms with Crippen LogP contribution in [-0.2, 0) is 11.3 Å². The third kappa shape index (κ3) is 3.70. The number of amides is 2. The molecule has 18 heavy (non-hydrogen) atoms. The lowest BCUT2D eigenvalue weighted by molar-refractivity contribution is -0.0545. The Labute approximate surface area is 119 Å². The summed E-state index contributed by atoms with van der Waals surface area (Å²) >= 11 is 5.05. The first-order valence-electron chi connectivity index (χ1n) is 5.97. The molecule has 0 saturated carbocycles. The van der Waals surface area contributed by atoms with Gasteiger partial charge in [0, 0.05) is 18.0 Å². The van der Waals surface area contributed by atoms with E-state index < -0.39 is 0 Å². The number of rotatable bonds is 2. The molecule has 1 aliphatic heterocycles. The van der Waals surface area contributed by atoms with Crippen LogP contribution in [0.5, 0.6) is 0 Å². The summed E-state index contributed by atoms with van der Waals surface area (Å²) in [5.74, 6) is 0. The smallest absolute Gasteiger partial charge is 0.317 e. The average Bonchev–Trinajstić information content (AvgIpc) is 2.70. The van der Waals surface area contributed by atoms with Crippen molar-refractivity contribution in [1.82, 2.24) is 10.2 Å². The Morgan fingerprint density at radius 2 is 2.17 bits per heavy atom. The number of morpholine rings is 1. The second kappa shape index (κ2) is 6.04. The fourth-order valence-corrected chi connectivity index (χ4v) is 3.49. The van der Waals surface area contributed by atoms with Gasteiger partial charge in [-0.2, -0.15) is 0 Å². The standard InChI is InChI=1S/C12H17BrN2O2S/c1-8-6-15(7-9(2)17-8)12(16)14-5-10-3-4-11(13)18-10/h3-4,8-9H,5-7H2,1-2H3,(H,14,16). The molecule has 0 bridgehead atoms. The molecule has 100 valence electrons. The van der Waals surface area contributed by atoms with E-state index in [0.717, 1.165) is 8.66 Å². The Bertz CT molecular complexity index is 414. The van der Waals surface area contributed by atoms with E-state index in [1.165, 1.54) is 0 Å². The van der Waals surface area contributed by atoms with Crippen LogP contribution in [0.1, 0.15) is 18.7 Å².